The zero-order valence-electron chi connectivity index (χ0n) is 30.7. The highest BCUT2D eigenvalue weighted by Gasteiger charge is 2.60. The molecule has 276 valence electrons. The summed E-state index contributed by atoms with van der Waals surface area (Å²) < 4.78 is 0. The molecule has 9 rings (SSSR count). The monoisotopic (exact) mass is 782 g/mol. The average Bonchev–Trinajstić information content (AvgIpc) is 4.01. The van der Waals surface area contributed by atoms with E-state index in [1.807, 2.05) is 24.3 Å². The predicted octanol–water partition coefficient (Wildman–Crippen LogP) is 8.66. The second-order valence-electron chi connectivity index (χ2n) is 15.4. The quantitative estimate of drug-likeness (QED) is 0.0623. The van der Waals surface area contributed by atoms with Crippen molar-refractivity contribution in [3.05, 3.63) is 111 Å². The zero-order chi connectivity index (χ0) is 39.8. The molecular formula is C45H30N6O4S2. The summed E-state index contributed by atoms with van der Waals surface area (Å²) in [6.45, 7) is 1.67. The van der Waals surface area contributed by atoms with E-state index in [2.05, 4.69) is 0 Å². The van der Waals surface area contributed by atoms with Gasteiger partial charge in [-0.25, -0.2) is 9.97 Å². The first-order valence-electron chi connectivity index (χ1n) is 18.9. The lowest BCUT2D eigenvalue weighted by Gasteiger charge is -2.35. The van der Waals surface area contributed by atoms with Crippen molar-refractivity contribution in [1.29, 1.82) is 21.0 Å². The largest absolute Gasteiger partial charge is 0.298 e. The standard InChI is InChI=1S/C45H30N6O4S2/c1-23-12-24(18-46)25(19-47)13-29(23)37(53)28(22-52)16-33-50-42-40(56-33)35-36(44(42)8-4-2-5-9-44)41-43(45(35)10-6-3-7-11-45)51-34(57-41)17-32-38(54)30-14-26(20-48)27(21-49)15-31(30)39(32)55/h12-17,22H,2-11H2,1H3/b28-16-. The van der Waals surface area contributed by atoms with E-state index in [9.17, 15) is 40.2 Å². The molecule has 57 heavy (non-hydrogen) atoms. The molecule has 0 amide bonds. The maximum absolute atomic E-state index is 13.8. The van der Waals surface area contributed by atoms with Gasteiger partial charge in [-0.2, -0.15) is 21.0 Å². The Kier molecular flexibility index (Phi) is 8.48. The maximum atomic E-state index is 13.8. The highest BCUT2D eigenvalue weighted by Crippen LogP contribution is 2.70. The summed E-state index contributed by atoms with van der Waals surface area (Å²) in [6.07, 6.45) is 13.4. The van der Waals surface area contributed by atoms with Crippen LogP contribution in [-0.2, 0) is 15.6 Å². The molecule has 2 spiro atoms. The number of hydrogen-bond acceptors (Lipinski definition) is 12. The molecule has 5 aliphatic rings. The summed E-state index contributed by atoms with van der Waals surface area (Å²) in [4.78, 5) is 66.2. The Balaban J connectivity index is 1.16. The smallest absolute Gasteiger partial charge is 0.197 e. The number of thiazole rings is 2. The third-order valence-corrected chi connectivity index (χ3v) is 14.5. The first-order chi connectivity index (χ1) is 27.6. The van der Waals surface area contributed by atoms with Crippen molar-refractivity contribution in [2.24, 2.45) is 0 Å². The molecule has 2 saturated carbocycles. The van der Waals surface area contributed by atoms with Crippen molar-refractivity contribution in [3.63, 3.8) is 0 Å². The van der Waals surface area contributed by atoms with E-state index < -0.39 is 28.2 Å². The lowest BCUT2D eigenvalue weighted by molar-refractivity contribution is -0.104. The van der Waals surface area contributed by atoms with Gasteiger partial charge in [0.2, 0.25) is 0 Å². The predicted molar refractivity (Wildman–Crippen MR) is 212 cm³/mol. The molecule has 2 aromatic heterocycles. The normalized spacial score (nSPS) is 18.3. The van der Waals surface area contributed by atoms with Gasteiger partial charge in [0.25, 0.3) is 0 Å². The van der Waals surface area contributed by atoms with E-state index in [4.69, 9.17) is 9.97 Å². The highest BCUT2D eigenvalue weighted by atomic mass is 32.1. The van der Waals surface area contributed by atoms with Crippen LogP contribution in [0.2, 0.25) is 0 Å². The molecule has 0 N–H and O–H groups in total. The van der Waals surface area contributed by atoms with E-state index in [1.54, 1.807) is 19.1 Å². The van der Waals surface area contributed by atoms with Gasteiger partial charge in [0, 0.05) is 27.5 Å². The van der Waals surface area contributed by atoms with Gasteiger partial charge in [0.15, 0.2) is 23.6 Å². The van der Waals surface area contributed by atoms with Crippen LogP contribution in [0, 0.1) is 52.2 Å². The van der Waals surface area contributed by atoms with E-state index in [0.717, 1.165) is 85.4 Å². The summed E-state index contributed by atoms with van der Waals surface area (Å²) in [7, 11) is 0. The van der Waals surface area contributed by atoms with Gasteiger partial charge in [-0.05, 0) is 85.7 Å². The number of benzene rings is 2. The number of aromatic nitrogens is 2. The summed E-state index contributed by atoms with van der Waals surface area (Å²) in [5.41, 5.74) is 4.79. The van der Waals surface area contributed by atoms with Crippen molar-refractivity contribution in [2.75, 3.05) is 0 Å². The third-order valence-electron chi connectivity index (χ3n) is 12.4. The van der Waals surface area contributed by atoms with Crippen molar-refractivity contribution in [3.8, 4) is 24.3 Å². The molecule has 2 aromatic carbocycles. The van der Waals surface area contributed by atoms with Gasteiger partial charge in [-0.3, -0.25) is 19.2 Å². The van der Waals surface area contributed by atoms with Crippen molar-refractivity contribution >= 4 is 69.6 Å². The zero-order valence-corrected chi connectivity index (χ0v) is 32.4. The Morgan fingerprint density at radius 3 is 1.63 bits per heavy atom. The minimum absolute atomic E-state index is 0.0279. The Morgan fingerprint density at radius 2 is 1.14 bits per heavy atom. The fourth-order valence-electron chi connectivity index (χ4n) is 9.83. The molecule has 0 aliphatic heterocycles. The number of allylic oxidation sites excluding steroid dienone is 4. The first-order valence-corrected chi connectivity index (χ1v) is 20.5. The first kappa shape index (κ1) is 36.2. The second-order valence-corrected chi connectivity index (χ2v) is 17.4. The van der Waals surface area contributed by atoms with Gasteiger partial charge in [-0.1, -0.05) is 38.5 Å². The fourth-order valence-corrected chi connectivity index (χ4v) is 12.4. The van der Waals surface area contributed by atoms with Crippen LogP contribution in [0.3, 0.4) is 0 Å². The topological polar surface area (TPSA) is 189 Å². The number of hydrogen-bond donors (Lipinski definition) is 0. The van der Waals surface area contributed by atoms with Crippen LogP contribution in [0.15, 0.2) is 35.4 Å². The van der Waals surface area contributed by atoms with Crippen molar-refractivity contribution < 1.29 is 19.2 Å². The molecule has 12 heteroatoms. The molecule has 5 aliphatic carbocycles. The van der Waals surface area contributed by atoms with Gasteiger partial charge in [-0.15, -0.1) is 22.7 Å². The van der Waals surface area contributed by atoms with Crippen LogP contribution in [0.25, 0.3) is 23.3 Å². The van der Waals surface area contributed by atoms with E-state index in [0.29, 0.717) is 21.9 Å². The number of rotatable bonds is 5. The Hall–Kier alpha value is -6.44. The van der Waals surface area contributed by atoms with E-state index in [1.165, 1.54) is 58.1 Å². The number of aldehydes is 1. The number of ketones is 3. The summed E-state index contributed by atoms with van der Waals surface area (Å²) >= 11 is 2.99. The number of Topliss-reactive ketones (excluding diaryl/α,β-unsaturated/α-hetero) is 3. The molecule has 4 aromatic rings. The Morgan fingerprint density at radius 1 is 0.684 bits per heavy atom. The number of nitrogens with zero attached hydrogens (tertiary/aromatic N) is 6. The molecule has 0 radical (unpaired) electrons. The van der Waals surface area contributed by atoms with Crippen molar-refractivity contribution in [1.82, 2.24) is 9.97 Å². The Bertz CT molecular complexity index is 2790. The minimum atomic E-state index is -0.540. The maximum Gasteiger partial charge on any atom is 0.197 e. The van der Waals surface area contributed by atoms with Crippen LogP contribution in [0.4, 0.5) is 0 Å². The van der Waals surface area contributed by atoms with Crippen LogP contribution >= 0.6 is 22.7 Å². The molecule has 0 saturated heterocycles. The van der Waals surface area contributed by atoms with Crippen LogP contribution in [0.5, 0.6) is 0 Å². The minimum Gasteiger partial charge on any atom is -0.298 e. The SMILES string of the molecule is Cc1cc(C#N)c(C#N)cc1C(=O)/C(C=O)=C\c1nc2c(s1)C1=C(c3sc(C=C4C(=O)c5cc(C#N)c(C#N)cc5C4=O)nc3C13CCCCC3)C21CCCCC1. The molecule has 10 nitrogen and oxygen atoms in total. The molecular weight excluding hydrogens is 753 g/mol. The lowest BCUT2D eigenvalue weighted by Crippen LogP contribution is -2.29. The molecule has 2 heterocycles. The van der Waals surface area contributed by atoms with Crippen molar-refractivity contribution in [2.45, 2.75) is 82.0 Å². The highest BCUT2D eigenvalue weighted by molar-refractivity contribution is 7.15. The fraction of sp³-hybridized carbons (Fsp3) is 0.289. The van der Waals surface area contributed by atoms with Gasteiger partial charge in [0.1, 0.15) is 34.3 Å². The number of carbonyl (C=O) groups excluding carboxylic acids is 4. The number of nitriles is 4. The number of aryl methyl sites for hydroxylation is 1. The van der Waals surface area contributed by atoms with E-state index in [-0.39, 0.29) is 50.1 Å². The summed E-state index contributed by atoms with van der Waals surface area (Å²) in [5, 5.41) is 39.3. The Labute approximate surface area is 335 Å². The van der Waals surface area contributed by atoms with Gasteiger partial charge >= 0.3 is 0 Å². The van der Waals surface area contributed by atoms with E-state index >= 15 is 0 Å². The number of fused-ring (bicyclic) bond motifs is 9. The van der Waals surface area contributed by atoms with Crippen LogP contribution in [-0.4, -0.2) is 33.6 Å². The van der Waals surface area contributed by atoms with Crippen LogP contribution in [0.1, 0.15) is 154 Å². The average molecular weight is 783 g/mol. The molecule has 0 bridgehead atoms. The van der Waals surface area contributed by atoms with Gasteiger partial charge < -0.3 is 0 Å². The van der Waals surface area contributed by atoms with Crippen LogP contribution < -0.4 is 0 Å². The third kappa shape index (κ3) is 5.15. The summed E-state index contributed by atoms with van der Waals surface area (Å²) in [6, 6.07) is 13.4. The lowest BCUT2D eigenvalue weighted by atomic mass is 9.68. The molecule has 0 atom stereocenters. The second kappa shape index (κ2) is 13.4. The van der Waals surface area contributed by atoms with Gasteiger partial charge in [0.05, 0.1) is 54.5 Å². The summed E-state index contributed by atoms with van der Waals surface area (Å²) in [5.74, 6) is -1.51. The molecule has 0 unspecified atom stereocenters. The number of carbonyl (C=O) groups is 4. The molecule has 2 fully saturated rings.